The molecule has 0 unspecified atom stereocenters. The third-order valence-corrected chi connectivity index (χ3v) is 28.0. The van der Waals surface area contributed by atoms with Crippen LogP contribution in [0.15, 0.2) is 188 Å². The fourth-order valence-corrected chi connectivity index (χ4v) is 21.8. The number of aromatic nitrogens is 4. The average Bonchev–Trinajstić information content (AvgIpc) is 1.59. The van der Waals surface area contributed by atoms with Gasteiger partial charge in [-0.05, 0) is 197 Å². The number of aryl methyl sites for hydroxylation is 10. The normalized spacial score (nSPS) is 15.0. The molecule has 0 N–H and O–H groups in total. The first-order valence-corrected chi connectivity index (χ1v) is 45.6. The van der Waals surface area contributed by atoms with Crippen molar-refractivity contribution in [2.45, 2.75) is 233 Å². The van der Waals surface area contributed by atoms with Crippen molar-refractivity contribution in [3.63, 3.8) is 0 Å². The molecule has 0 saturated heterocycles. The largest absolute Gasteiger partial charge is 0.456 e. The van der Waals surface area contributed by atoms with E-state index in [9.17, 15) is 0 Å². The summed E-state index contributed by atoms with van der Waals surface area (Å²) in [6.45, 7) is 53.4. The summed E-state index contributed by atoms with van der Waals surface area (Å²) < 4.78 is 35.7. The molecule has 20 rings (SSSR count). The Bertz CT molecular complexity index is 7040. The Morgan fingerprint density at radius 2 is 0.613 bits per heavy atom. The van der Waals surface area contributed by atoms with Crippen LogP contribution in [-0.2, 0) is 28.2 Å². The van der Waals surface area contributed by atoms with Gasteiger partial charge in [0.2, 0.25) is 22.8 Å². The van der Waals surface area contributed by atoms with Gasteiger partial charge in [0.05, 0.1) is 48.5 Å². The smallest absolute Gasteiger partial charge is 0.216 e. The van der Waals surface area contributed by atoms with Gasteiger partial charge in [-0.3, -0.25) is 0 Å². The summed E-state index contributed by atoms with van der Waals surface area (Å²) in [6, 6.07) is 51.2. The van der Waals surface area contributed by atoms with E-state index in [0.717, 1.165) is 219 Å². The van der Waals surface area contributed by atoms with Gasteiger partial charge in [-0.25, -0.2) is 37.6 Å². The molecule has 624 valence electrons. The number of benzene rings is 8. The Kier molecular flexibility index (Phi) is 23.9. The van der Waals surface area contributed by atoms with Gasteiger partial charge in [-0.15, -0.1) is 0 Å². The fourth-order valence-electron chi connectivity index (χ4n) is 21.8. The van der Waals surface area contributed by atoms with Crippen molar-refractivity contribution < 1.29 is 35.9 Å². The predicted octanol–water partition coefficient (Wildman–Crippen LogP) is 30.8. The van der Waals surface area contributed by atoms with Gasteiger partial charge in [0.25, 0.3) is 0 Å². The molecule has 4 fully saturated rings. The Labute approximate surface area is 731 Å². The summed E-state index contributed by atoms with van der Waals surface area (Å²) in [7, 11) is 8.32. The number of rotatable bonds is 10. The minimum absolute atomic E-state index is 0.299. The standard InChI is InChI=1S/2C29H31N2O.2C27H27N2O/c1-18(2)22-17-23(30-4)26(20-11-7-6-8-12-20)29-27(22)21-15-14-19(3)25(28(21)32-29)24-13-9-10-16-31(24)5;1-18(2)22-17-23-21-15-14-19(3)25(24-13-9-10-16-31(24)5)28(21)32-29(23)26(27(22)30-4)20-11-7-6-8-12-20;1-17-16-18(2)24(22-12-8-9-15-29(22)4)27-23(17)20-13-14-21(28-3)25(26(20)30-27)19-10-6-5-7-11-19;1-17-13-14-20-23-18(2)16-21(28-3)25(19-10-6-5-7-11-19)27(23)30-26(20)24(17)22-12-8-9-15-29(22)4/h2*9-10,13-18,20H,6-8,11-12H2,1-3,5H3;2*8-9,12-16,19H,5-7,10-11H2,1-2,4H3/q4*+1. The van der Waals surface area contributed by atoms with E-state index in [-0.39, 0.29) is 0 Å². The second-order valence-electron chi connectivity index (χ2n) is 36.7. The highest BCUT2D eigenvalue weighted by molar-refractivity contribution is 6.17. The molecule has 4 aliphatic carbocycles. The van der Waals surface area contributed by atoms with Crippen LogP contribution in [0.1, 0.15) is 258 Å². The molecule has 8 aromatic heterocycles. The molecule has 124 heavy (non-hydrogen) atoms. The molecule has 12 nitrogen and oxygen atoms in total. The van der Waals surface area contributed by atoms with E-state index >= 15 is 0 Å². The number of fused-ring (bicyclic) bond motifs is 12. The average molecular weight is 1640 g/mol. The molecule has 0 amide bonds. The summed E-state index contributed by atoms with van der Waals surface area (Å²) >= 11 is 0. The van der Waals surface area contributed by atoms with Crippen LogP contribution in [-0.4, -0.2) is 0 Å². The lowest BCUT2D eigenvalue weighted by Gasteiger charge is -2.25. The summed E-state index contributed by atoms with van der Waals surface area (Å²) in [5, 5.41) is 9.36. The van der Waals surface area contributed by atoms with Gasteiger partial charge >= 0.3 is 0 Å². The van der Waals surface area contributed by atoms with Gasteiger partial charge < -0.3 is 17.7 Å². The van der Waals surface area contributed by atoms with Gasteiger partial charge in [0.15, 0.2) is 47.5 Å². The Balaban J connectivity index is 0.000000117. The molecule has 0 spiro atoms. The lowest BCUT2D eigenvalue weighted by molar-refractivity contribution is -0.660. The molecule has 0 atom stereocenters. The van der Waals surface area contributed by atoms with Crippen LogP contribution in [0, 0.1) is 67.8 Å². The number of hydrogen-bond acceptors (Lipinski definition) is 4. The summed E-state index contributed by atoms with van der Waals surface area (Å²) in [4.78, 5) is 15.9. The van der Waals surface area contributed by atoms with E-state index in [1.165, 1.54) is 132 Å². The van der Waals surface area contributed by atoms with Crippen LogP contribution in [0.25, 0.3) is 152 Å². The number of hydrogen-bond donors (Lipinski definition) is 0. The van der Waals surface area contributed by atoms with E-state index in [2.05, 4.69) is 287 Å². The van der Waals surface area contributed by atoms with E-state index < -0.39 is 0 Å². The molecule has 8 heterocycles. The molecule has 4 aliphatic rings. The summed E-state index contributed by atoms with van der Waals surface area (Å²) in [6.07, 6.45) is 32.6. The SMILES string of the molecule is [C-]#[N+]c1c(C(C)C)cc2c(oc3c(-c4cccc[n+]4C)c(C)ccc32)c1C1CCCCC1.[C-]#[N+]c1cc(C(C)C)c2c(oc3c(-c4cccc[n+]4C)c(C)ccc32)c1C1CCCCC1.[C-]#[N+]c1cc(C)c2c(oc3c(-c4cccc[n+]4C)c(C)ccc32)c1C1CCCCC1.[C-]#[N+]c1ccc2c(oc3c(-c4cccc[n+]4C)c(C)cc(C)c32)c1C1CCCCC1. The first-order valence-electron chi connectivity index (χ1n) is 45.6. The molecule has 16 aromatic rings. The highest BCUT2D eigenvalue weighted by Gasteiger charge is 2.35. The first kappa shape index (κ1) is 83.8. The maximum Gasteiger partial charge on any atom is 0.216 e. The Hall–Kier alpha value is -12.5. The van der Waals surface area contributed by atoms with E-state index in [1.54, 1.807) is 0 Å². The van der Waals surface area contributed by atoms with Crippen LogP contribution in [0.4, 0.5) is 22.7 Å². The lowest BCUT2D eigenvalue weighted by Crippen LogP contribution is -2.30. The van der Waals surface area contributed by atoms with Crippen LogP contribution in [0.5, 0.6) is 0 Å². The monoisotopic (exact) mass is 1640 g/mol. The zero-order valence-corrected chi connectivity index (χ0v) is 75.0. The summed E-state index contributed by atoms with van der Waals surface area (Å²) in [5.41, 5.74) is 34.0. The molecule has 12 heteroatoms. The Morgan fingerprint density at radius 3 is 1.03 bits per heavy atom. The molecule has 4 saturated carbocycles. The van der Waals surface area contributed by atoms with E-state index in [4.69, 9.17) is 44.0 Å². The third-order valence-electron chi connectivity index (χ3n) is 28.0. The molecular formula is C112H116N8O4+4. The van der Waals surface area contributed by atoms with Gasteiger partial charge in [0, 0.05) is 114 Å². The number of pyridine rings is 4. The molecular weight excluding hydrogens is 1520 g/mol. The molecule has 0 bridgehead atoms. The quantitative estimate of drug-likeness (QED) is 0.101. The van der Waals surface area contributed by atoms with Crippen LogP contribution >= 0.6 is 0 Å². The van der Waals surface area contributed by atoms with Crippen LogP contribution < -0.4 is 18.3 Å². The van der Waals surface area contributed by atoms with Crippen molar-refractivity contribution in [1.82, 2.24) is 0 Å². The van der Waals surface area contributed by atoms with E-state index in [0.29, 0.717) is 35.5 Å². The summed E-state index contributed by atoms with van der Waals surface area (Å²) in [5.74, 6) is 2.28. The van der Waals surface area contributed by atoms with Gasteiger partial charge in [-0.2, -0.15) is 0 Å². The lowest BCUT2D eigenvalue weighted by atomic mass is 9.80. The molecule has 0 aliphatic heterocycles. The van der Waals surface area contributed by atoms with Crippen LogP contribution in [0.3, 0.4) is 0 Å². The topological polar surface area (TPSA) is 85.5 Å². The van der Waals surface area contributed by atoms with Crippen molar-refractivity contribution in [1.29, 1.82) is 0 Å². The van der Waals surface area contributed by atoms with Crippen molar-refractivity contribution in [2.75, 3.05) is 0 Å². The first-order chi connectivity index (χ1) is 60.2. The maximum atomic E-state index is 8.07. The second-order valence-corrected chi connectivity index (χ2v) is 36.7. The highest BCUT2D eigenvalue weighted by atomic mass is 16.3. The Morgan fingerprint density at radius 1 is 0.282 bits per heavy atom. The molecule has 8 aromatic carbocycles. The van der Waals surface area contributed by atoms with Gasteiger partial charge in [0.1, 0.15) is 72.9 Å². The molecule has 0 radical (unpaired) electrons. The fraction of sp³-hybridized carbons (Fsp3) is 0.357. The minimum Gasteiger partial charge on any atom is -0.456 e. The van der Waals surface area contributed by atoms with Crippen molar-refractivity contribution in [2.24, 2.45) is 28.2 Å². The van der Waals surface area contributed by atoms with Crippen molar-refractivity contribution >= 4 is 111 Å². The number of furan rings is 4. The zero-order chi connectivity index (χ0) is 86.5. The number of nitrogens with zero attached hydrogens (tertiary/aromatic N) is 8. The van der Waals surface area contributed by atoms with Crippen LogP contribution in [0.2, 0.25) is 0 Å². The van der Waals surface area contributed by atoms with E-state index in [1.807, 2.05) is 18.2 Å². The zero-order valence-electron chi connectivity index (χ0n) is 75.0. The van der Waals surface area contributed by atoms with Crippen molar-refractivity contribution in [3.8, 4) is 45.0 Å². The minimum atomic E-state index is 0.299. The maximum absolute atomic E-state index is 8.07. The highest BCUT2D eigenvalue weighted by Crippen LogP contribution is 2.54. The van der Waals surface area contributed by atoms with Crippen molar-refractivity contribution in [3.05, 3.63) is 283 Å². The predicted molar refractivity (Wildman–Crippen MR) is 506 cm³/mol. The van der Waals surface area contributed by atoms with Gasteiger partial charge in [-0.1, -0.05) is 178 Å². The third kappa shape index (κ3) is 15.2. The second kappa shape index (κ2) is 35.4.